The van der Waals surface area contributed by atoms with E-state index in [-0.39, 0.29) is 0 Å². The van der Waals surface area contributed by atoms with Gasteiger partial charge >= 0.3 is 0 Å². The van der Waals surface area contributed by atoms with E-state index in [0.717, 1.165) is 12.5 Å². The van der Waals surface area contributed by atoms with Gasteiger partial charge in [-0.2, -0.15) is 0 Å². The number of aromatic nitrogens is 1. The normalized spacial score (nSPS) is 10.6. The maximum Gasteiger partial charge on any atom is 0.0313 e. The van der Waals surface area contributed by atoms with E-state index in [0.29, 0.717) is 0 Å². The van der Waals surface area contributed by atoms with E-state index in [1.807, 2.05) is 29.2 Å². The molecule has 0 aliphatic rings. The second-order valence-electron chi connectivity index (χ2n) is 3.53. The van der Waals surface area contributed by atoms with Crippen LogP contribution in [0.2, 0.25) is 0 Å². The maximum atomic E-state index is 3.30. The fourth-order valence-corrected chi connectivity index (χ4v) is 1.16. The van der Waals surface area contributed by atoms with Crippen LogP contribution in [-0.2, 0) is 0 Å². The van der Waals surface area contributed by atoms with Crippen LogP contribution in [0.1, 0.15) is 26.7 Å². The molecule has 0 aliphatic carbocycles. The van der Waals surface area contributed by atoms with Crippen LogP contribution >= 0.6 is 0 Å². The van der Waals surface area contributed by atoms with Crippen molar-refractivity contribution >= 4 is 0 Å². The predicted molar refractivity (Wildman–Crippen MR) is 52.7 cm³/mol. The highest BCUT2D eigenvalue weighted by Gasteiger charge is 1.92. The summed E-state index contributed by atoms with van der Waals surface area (Å²) in [5.74, 6) is 0.816. The first-order valence-corrected chi connectivity index (χ1v) is 4.66. The zero-order valence-electron chi connectivity index (χ0n) is 7.96. The highest BCUT2D eigenvalue weighted by atomic mass is 15.4. The molecule has 0 saturated heterocycles. The number of hydrogen-bond acceptors (Lipinski definition) is 1. The smallest absolute Gasteiger partial charge is 0.0313 e. The van der Waals surface area contributed by atoms with Crippen molar-refractivity contribution in [2.24, 2.45) is 5.92 Å². The van der Waals surface area contributed by atoms with Crippen molar-refractivity contribution in [2.75, 3.05) is 12.0 Å². The highest BCUT2D eigenvalue weighted by molar-refractivity contribution is 4.92. The minimum atomic E-state index is 0.816. The third-order valence-corrected chi connectivity index (χ3v) is 1.86. The molecule has 2 nitrogen and oxygen atoms in total. The minimum absolute atomic E-state index is 0.816. The summed E-state index contributed by atoms with van der Waals surface area (Å²) in [4.78, 5) is 0. The molecular formula is C10H18N2. The van der Waals surface area contributed by atoms with Crippen LogP contribution in [-0.4, -0.2) is 11.2 Å². The van der Waals surface area contributed by atoms with Gasteiger partial charge in [0.1, 0.15) is 0 Å². The number of nitrogens with zero attached hydrogens (tertiary/aromatic N) is 1. The lowest BCUT2D eigenvalue weighted by Gasteiger charge is -2.08. The summed E-state index contributed by atoms with van der Waals surface area (Å²) in [6.45, 7) is 5.58. The average Bonchev–Trinajstić information content (AvgIpc) is 2.49. The molecule has 12 heavy (non-hydrogen) atoms. The van der Waals surface area contributed by atoms with Crippen molar-refractivity contribution in [1.29, 1.82) is 0 Å². The topological polar surface area (TPSA) is 17.0 Å². The van der Waals surface area contributed by atoms with E-state index < -0.39 is 0 Å². The molecule has 1 aromatic rings. The maximum absolute atomic E-state index is 3.30. The van der Waals surface area contributed by atoms with Crippen molar-refractivity contribution in [3.8, 4) is 0 Å². The molecule has 0 aliphatic heterocycles. The fraction of sp³-hybridized carbons (Fsp3) is 0.600. The van der Waals surface area contributed by atoms with E-state index >= 15 is 0 Å². The third-order valence-electron chi connectivity index (χ3n) is 1.86. The SMILES string of the molecule is CC(C)CCCNn1cccc1. The molecule has 0 amide bonds. The lowest BCUT2D eigenvalue weighted by atomic mass is 10.1. The van der Waals surface area contributed by atoms with Gasteiger partial charge in [-0.15, -0.1) is 0 Å². The summed E-state index contributed by atoms with van der Waals surface area (Å²) in [6, 6.07) is 4.05. The zero-order chi connectivity index (χ0) is 8.81. The molecular weight excluding hydrogens is 148 g/mol. The predicted octanol–water partition coefficient (Wildman–Crippen LogP) is 2.47. The van der Waals surface area contributed by atoms with Gasteiger partial charge in [-0.1, -0.05) is 13.8 Å². The van der Waals surface area contributed by atoms with Gasteiger partial charge in [0.25, 0.3) is 0 Å². The van der Waals surface area contributed by atoms with Crippen LogP contribution in [0.15, 0.2) is 24.5 Å². The molecule has 0 unspecified atom stereocenters. The van der Waals surface area contributed by atoms with Crippen LogP contribution in [0.25, 0.3) is 0 Å². The molecule has 1 N–H and O–H groups in total. The largest absolute Gasteiger partial charge is 0.326 e. The fourth-order valence-electron chi connectivity index (χ4n) is 1.16. The van der Waals surface area contributed by atoms with Crippen molar-refractivity contribution in [3.05, 3.63) is 24.5 Å². The summed E-state index contributed by atoms with van der Waals surface area (Å²) >= 11 is 0. The Labute approximate surface area is 74.6 Å². The molecule has 0 radical (unpaired) electrons. The molecule has 2 heteroatoms. The van der Waals surface area contributed by atoms with Gasteiger partial charge in [-0.3, -0.25) is 4.68 Å². The number of hydrogen-bond donors (Lipinski definition) is 1. The summed E-state index contributed by atoms with van der Waals surface area (Å²) in [5, 5.41) is 0. The quantitative estimate of drug-likeness (QED) is 0.665. The van der Waals surface area contributed by atoms with Crippen molar-refractivity contribution in [1.82, 2.24) is 4.68 Å². The first kappa shape index (κ1) is 9.17. The lowest BCUT2D eigenvalue weighted by molar-refractivity contribution is 0.558. The third kappa shape index (κ3) is 3.46. The number of rotatable bonds is 5. The van der Waals surface area contributed by atoms with Gasteiger partial charge in [0.2, 0.25) is 0 Å². The van der Waals surface area contributed by atoms with E-state index in [1.165, 1.54) is 12.8 Å². The lowest BCUT2D eigenvalue weighted by Crippen LogP contribution is -2.14. The molecule has 68 valence electrons. The van der Waals surface area contributed by atoms with Crippen molar-refractivity contribution < 1.29 is 0 Å². The highest BCUT2D eigenvalue weighted by Crippen LogP contribution is 2.01. The standard InChI is InChI=1S/C10H18N2/c1-10(2)6-5-7-11-12-8-3-4-9-12/h3-4,8-11H,5-7H2,1-2H3. The van der Waals surface area contributed by atoms with E-state index in [9.17, 15) is 0 Å². The Kier molecular flexibility index (Phi) is 3.71. The number of nitrogens with one attached hydrogen (secondary N) is 1. The van der Waals surface area contributed by atoms with Crippen molar-refractivity contribution in [2.45, 2.75) is 26.7 Å². The summed E-state index contributed by atoms with van der Waals surface area (Å²) in [7, 11) is 0. The molecule has 0 atom stereocenters. The molecule has 1 heterocycles. The second-order valence-corrected chi connectivity index (χ2v) is 3.53. The molecule has 0 fully saturated rings. The molecule has 0 saturated carbocycles. The molecule has 0 aromatic carbocycles. The van der Waals surface area contributed by atoms with Gasteiger partial charge in [0.15, 0.2) is 0 Å². The van der Waals surface area contributed by atoms with Gasteiger partial charge in [-0.05, 0) is 30.9 Å². The average molecular weight is 166 g/mol. The Bertz CT molecular complexity index is 190. The Morgan fingerprint density at radius 3 is 2.50 bits per heavy atom. The Balaban J connectivity index is 2.04. The first-order chi connectivity index (χ1) is 5.79. The Morgan fingerprint density at radius 1 is 1.25 bits per heavy atom. The molecule has 0 spiro atoms. The second kappa shape index (κ2) is 4.86. The Morgan fingerprint density at radius 2 is 1.92 bits per heavy atom. The first-order valence-electron chi connectivity index (χ1n) is 4.66. The van der Waals surface area contributed by atoms with Crippen LogP contribution in [0, 0.1) is 5.92 Å². The molecule has 1 rings (SSSR count). The van der Waals surface area contributed by atoms with Gasteiger partial charge in [-0.25, -0.2) is 0 Å². The van der Waals surface area contributed by atoms with Gasteiger partial charge in [0.05, 0.1) is 0 Å². The minimum Gasteiger partial charge on any atom is -0.326 e. The zero-order valence-corrected chi connectivity index (χ0v) is 7.96. The van der Waals surface area contributed by atoms with Gasteiger partial charge in [0, 0.05) is 18.9 Å². The molecule has 0 bridgehead atoms. The van der Waals surface area contributed by atoms with E-state index in [4.69, 9.17) is 0 Å². The summed E-state index contributed by atoms with van der Waals surface area (Å²) < 4.78 is 2.00. The summed E-state index contributed by atoms with van der Waals surface area (Å²) in [6.07, 6.45) is 6.59. The van der Waals surface area contributed by atoms with E-state index in [1.54, 1.807) is 0 Å². The monoisotopic (exact) mass is 166 g/mol. The van der Waals surface area contributed by atoms with Crippen LogP contribution < -0.4 is 5.43 Å². The van der Waals surface area contributed by atoms with Crippen LogP contribution in [0.5, 0.6) is 0 Å². The van der Waals surface area contributed by atoms with Crippen LogP contribution in [0.3, 0.4) is 0 Å². The van der Waals surface area contributed by atoms with Gasteiger partial charge < -0.3 is 5.43 Å². The van der Waals surface area contributed by atoms with E-state index in [2.05, 4.69) is 19.3 Å². The van der Waals surface area contributed by atoms with Crippen molar-refractivity contribution in [3.63, 3.8) is 0 Å². The molecule has 1 aromatic heterocycles. The van der Waals surface area contributed by atoms with Crippen LogP contribution in [0.4, 0.5) is 0 Å². The Hall–Kier alpha value is -0.920. The summed E-state index contributed by atoms with van der Waals surface area (Å²) in [5.41, 5.74) is 3.30.